The molecule has 0 unspecified atom stereocenters. The molecule has 37 heavy (non-hydrogen) atoms. The molecule has 13 heteroatoms. The Kier molecular flexibility index (Phi) is 9.75. The maximum Gasteiger partial charge on any atom is 0.337 e. The fourth-order valence-corrected chi connectivity index (χ4v) is 4.28. The third-order valence-corrected chi connectivity index (χ3v) is 6.45. The van der Waals surface area contributed by atoms with Gasteiger partial charge in [-0.1, -0.05) is 23.4 Å². The van der Waals surface area contributed by atoms with Crippen LogP contribution in [0.4, 0.5) is 5.69 Å². The zero-order valence-corrected chi connectivity index (χ0v) is 22.2. The molecule has 2 aromatic carbocycles. The number of hydrogen-bond acceptors (Lipinski definition) is 9. The molecule has 2 amide bonds. The standard InChI is InChI=1S/C24H26ClN5O6S/c1-5-30-20(12-26-22(32)14-7-9-18(34-2)19(11-14)35-3)28-29-24(30)37-13-21(31)27-17-10-15(23(33)36-4)6-8-16(17)25/h6-11H,5,12-13H2,1-4H3,(H,26,32)(H,27,31). The van der Waals surface area contributed by atoms with Crippen LogP contribution in [0.2, 0.25) is 5.02 Å². The van der Waals surface area contributed by atoms with Gasteiger partial charge in [0.15, 0.2) is 22.5 Å². The average molecular weight is 548 g/mol. The number of nitrogens with zero attached hydrogens (tertiary/aromatic N) is 3. The van der Waals surface area contributed by atoms with Crippen molar-refractivity contribution in [3.63, 3.8) is 0 Å². The lowest BCUT2D eigenvalue weighted by molar-refractivity contribution is -0.113. The molecular weight excluding hydrogens is 522 g/mol. The average Bonchev–Trinajstić information content (AvgIpc) is 3.32. The largest absolute Gasteiger partial charge is 0.493 e. The molecule has 3 aromatic rings. The summed E-state index contributed by atoms with van der Waals surface area (Å²) in [6.07, 6.45) is 0. The van der Waals surface area contributed by atoms with E-state index in [2.05, 4.69) is 20.8 Å². The van der Waals surface area contributed by atoms with Crippen molar-refractivity contribution in [1.82, 2.24) is 20.1 Å². The Morgan fingerprint density at radius 2 is 1.73 bits per heavy atom. The minimum absolute atomic E-state index is 0.0227. The number of ether oxygens (including phenoxy) is 3. The lowest BCUT2D eigenvalue weighted by Crippen LogP contribution is -2.25. The molecule has 11 nitrogen and oxygen atoms in total. The molecule has 0 spiro atoms. The normalized spacial score (nSPS) is 10.5. The number of hydrogen-bond donors (Lipinski definition) is 2. The van der Waals surface area contributed by atoms with Gasteiger partial charge in [0.1, 0.15) is 0 Å². The van der Waals surface area contributed by atoms with E-state index in [1.54, 1.807) is 22.8 Å². The molecule has 1 heterocycles. The van der Waals surface area contributed by atoms with Gasteiger partial charge < -0.3 is 29.4 Å². The Balaban J connectivity index is 1.61. The maximum atomic E-state index is 12.6. The molecular formula is C24H26ClN5O6S. The summed E-state index contributed by atoms with van der Waals surface area (Å²) in [5.74, 6) is 0.330. The van der Waals surface area contributed by atoms with Crippen molar-refractivity contribution < 1.29 is 28.6 Å². The van der Waals surface area contributed by atoms with E-state index < -0.39 is 5.97 Å². The summed E-state index contributed by atoms with van der Waals surface area (Å²) < 4.78 is 16.9. The molecule has 0 saturated heterocycles. The van der Waals surface area contributed by atoms with Gasteiger partial charge in [0.05, 0.1) is 49.9 Å². The van der Waals surface area contributed by atoms with E-state index in [4.69, 9.17) is 25.8 Å². The number of nitrogens with one attached hydrogen (secondary N) is 2. The van der Waals surface area contributed by atoms with E-state index in [1.165, 1.54) is 51.3 Å². The van der Waals surface area contributed by atoms with Gasteiger partial charge in [-0.05, 0) is 43.3 Å². The van der Waals surface area contributed by atoms with Crippen molar-refractivity contribution in [2.45, 2.75) is 25.2 Å². The van der Waals surface area contributed by atoms with Gasteiger partial charge in [0.2, 0.25) is 5.91 Å². The van der Waals surface area contributed by atoms with Crippen LogP contribution < -0.4 is 20.1 Å². The van der Waals surface area contributed by atoms with Crippen LogP contribution in [0, 0.1) is 0 Å². The van der Waals surface area contributed by atoms with E-state index in [1.807, 2.05) is 6.92 Å². The maximum absolute atomic E-state index is 12.6. The van der Waals surface area contributed by atoms with Crippen LogP contribution in [-0.4, -0.2) is 59.6 Å². The van der Waals surface area contributed by atoms with Crippen LogP contribution in [-0.2, 0) is 22.6 Å². The number of amides is 2. The highest BCUT2D eigenvalue weighted by molar-refractivity contribution is 7.99. The van der Waals surface area contributed by atoms with Crippen LogP contribution in [0.15, 0.2) is 41.6 Å². The SMILES string of the molecule is CCn1c(CNC(=O)c2ccc(OC)c(OC)c2)nnc1SCC(=O)Nc1cc(C(=O)OC)ccc1Cl. The quantitative estimate of drug-likeness (QED) is 0.273. The Morgan fingerprint density at radius 3 is 2.41 bits per heavy atom. The van der Waals surface area contributed by atoms with E-state index in [9.17, 15) is 14.4 Å². The van der Waals surface area contributed by atoms with Gasteiger partial charge in [-0.15, -0.1) is 10.2 Å². The van der Waals surface area contributed by atoms with E-state index >= 15 is 0 Å². The molecule has 1 aromatic heterocycles. The van der Waals surface area contributed by atoms with Gasteiger partial charge in [0.25, 0.3) is 5.91 Å². The number of methoxy groups -OCH3 is 3. The molecule has 0 aliphatic heterocycles. The van der Waals surface area contributed by atoms with Crippen LogP contribution in [0.1, 0.15) is 33.5 Å². The van der Waals surface area contributed by atoms with Crippen LogP contribution >= 0.6 is 23.4 Å². The molecule has 0 aliphatic rings. The van der Waals surface area contributed by atoms with Crippen LogP contribution in [0.5, 0.6) is 11.5 Å². The van der Waals surface area contributed by atoms with Crippen molar-refractivity contribution in [2.75, 3.05) is 32.4 Å². The Bertz CT molecular complexity index is 1300. The summed E-state index contributed by atoms with van der Waals surface area (Å²) in [7, 11) is 4.29. The summed E-state index contributed by atoms with van der Waals surface area (Å²) >= 11 is 7.32. The summed E-state index contributed by atoms with van der Waals surface area (Å²) in [4.78, 5) is 36.9. The van der Waals surface area contributed by atoms with Gasteiger partial charge in [-0.3, -0.25) is 9.59 Å². The lowest BCUT2D eigenvalue weighted by atomic mass is 10.2. The number of esters is 1. The molecule has 2 N–H and O–H groups in total. The topological polar surface area (TPSA) is 134 Å². The third kappa shape index (κ3) is 6.92. The summed E-state index contributed by atoms with van der Waals surface area (Å²) in [5.41, 5.74) is 0.965. The predicted molar refractivity (Wildman–Crippen MR) is 139 cm³/mol. The second-order valence-corrected chi connectivity index (χ2v) is 8.77. The number of benzene rings is 2. The first-order valence-corrected chi connectivity index (χ1v) is 12.4. The Morgan fingerprint density at radius 1 is 1.00 bits per heavy atom. The van der Waals surface area contributed by atoms with Gasteiger partial charge in [-0.25, -0.2) is 4.79 Å². The molecule has 0 fully saturated rings. The second kappa shape index (κ2) is 13.0. The molecule has 0 radical (unpaired) electrons. The van der Waals surface area contributed by atoms with Gasteiger partial charge in [0, 0.05) is 12.1 Å². The predicted octanol–water partition coefficient (Wildman–Crippen LogP) is 3.42. The first kappa shape index (κ1) is 27.8. The number of carbonyl (C=O) groups is 3. The van der Waals surface area contributed by atoms with Crippen molar-refractivity contribution in [1.29, 1.82) is 0 Å². The van der Waals surface area contributed by atoms with E-state index in [-0.39, 0.29) is 34.7 Å². The van der Waals surface area contributed by atoms with E-state index in [0.29, 0.717) is 40.3 Å². The lowest BCUT2D eigenvalue weighted by Gasteiger charge is -2.11. The monoisotopic (exact) mass is 547 g/mol. The minimum Gasteiger partial charge on any atom is -0.493 e. The van der Waals surface area contributed by atoms with Crippen molar-refractivity contribution in [2.24, 2.45) is 0 Å². The Hall–Kier alpha value is -3.77. The first-order chi connectivity index (χ1) is 17.8. The molecule has 3 rings (SSSR count). The molecule has 0 atom stereocenters. The number of thioether (sulfide) groups is 1. The molecule has 196 valence electrons. The molecule has 0 aliphatic carbocycles. The summed E-state index contributed by atoms with van der Waals surface area (Å²) in [6.45, 7) is 2.58. The number of aromatic nitrogens is 3. The van der Waals surface area contributed by atoms with Crippen LogP contribution in [0.3, 0.4) is 0 Å². The minimum atomic E-state index is -0.539. The number of rotatable bonds is 11. The zero-order valence-electron chi connectivity index (χ0n) is 20.7. The highest BCUT2D eigenvalue weighted by Crippen LogP contribution is 2.28. The fraction of sp³-hybridized carbons (Fsp3) is 0.292. The highest BCUT2D eigenvalue weighted by Gasteiger charge is 2.17. The van der Waals surface area contributed by atoms with Crippen LogP contribution in [0.25, 0.3) is 0 Å². The third-order valence-electron chi connectivity index (χ3n) is 5.16. The Labute approximate surface area is 222 Å². The summed E-state index contributed by atoms with van der Waals surface area (Å²) in [5, 5.41) is 14.6. The van der Waals surface area contributed by atoms with Gasteiger partial charge >= 0.3 is 5.97 Å². The number of halogens is 1. The second-order valence-electron chi connectivity index (χ2n) is 7.42. The van der Waals surface area contributed by atoms with Crippen molar-refractivity contribution in [3.05, 3.63) is 58.4 Å². The summed E-state index contributed by atoms with van der Waals surface area (Å²) in [6, 6.07) is 9.34. The van der Waals surface area contributed by atoms with Gasteiger partial charge in [-0.2, -0.15) is 0 Å². The van der Waals surface area contributed by atoms with Crippen molar-refractivity contribution in [3.8, 4) is 11.5 Å². The number of carbonyl (C=O) groups excluding carboxylic acids is 3. The highest BCUT2D eigenvalue weighted by atomic mass is 35.5. The van der Waals surface area contributed by atoms with Crippen molar-refractivity contribution >= 4 is 46.8 Å². The van der Waals surface area contributed by atoms with E-state index in [0.717, 1.165) is 0 Å². The first-order valence-electron chi connectivity index (χ1n) is 11.0. The zero-order chi connectivity index (χ0) is 26.9. The molecule has 0 saturated carbocycles. The smallest absolute Gasteiger partial charge is 0.337 e. The fourth-order valence-electron chi connectivity index (χ4n) is 3.30. The number of anilines is 1. The molecule has 0 bridgehead atoms.